The number of carbonyl (C=O) groups excluding carboxylic acids is 1. The van der Waals surface area contributed by atoms with Crippen LogP contribution in [0.4, 0.5) is 5.69 Å². The Balaban J connectivity index is 1.28. The van der Waals surface area contributed by atoms with Crippen LogP contribution in [0.1, 0.15) is 46.1 Å². The van der Waals surface area contributed by atoms with E-state index in [9.17, 15) is 14.9 Å². The molecule has 8 heteroatoms. The topological polar surface area (TPSA) is 100 Å². The Labute approximate surface area is 203 Å². The molecule has 1 amide bonds. The molecule has 0 aliphatic carbocycles. The maximum Gasteiger partial charge on any atom is 0.253 e. The number of pyridine rings is 2. The number of nitriles is 1. The molecule has 3 aromatic rings. The Bertz CT molecular complexity index is 1410. The quantitative estimate of drug-likeness (QED) is 0.631. The van der Waals surface area contributed by atoms with Crippen molar-refractivity contribution in [1.29, 1.82) is 5.26 Å². The standard InChI is InChI=1S/C27H27N5O3/c1-27(17-28)8-12-35-24-4-3-18(13-23(24)27)25(33)30-15-20-14-21(5-9-29-20)32-11-7-22-19(16-32)6-10-31(2)26(22)34/h3-6,9-10,13-14H,7-8,11-12,15-16H2,1-2H3,(H,30,33)/t27-/m0/s1. The molecule has 2 aromatic heterocycles. The summed E-state index contributed by atoms with van der Waals surface area (Å²) in [6, 6.07) is 13.5. The van der Waals surface area contributed by atoms with E-state index in [1.807, 2.05) is 31.3 Å². The number of hydrogen-bond acceptors (Lipinski definition) is 6. The fourth-order valence-corrected chi connectivity index (χ4v) is 4.76. The van der Waals surface area contributed by atoms with Gasteiger partial charge in [0.25, 0.3) is 11.5 Å². The van der Waals surface area contributed by atoms with Crippen molar-refractivity contribution >= 4 is 11.6 Å². The average molecular weight is 470 g/mol. The number of hydrogen-bond donors (Lipinski definition) is 1. The van der Waals surface area contributed by atoms with Crippen LogP contribution >= 0.6 is 0 Å². The zero-order valence-electron chi connectivity index (χ0n) is 19.9. The molecule has 2 aliphatic heterocycles. The van der Waals surface area contributed by atoms with Crippen LogP contribution in [-0.2, 0) is 32.0 Å². The zero-order chi connectivity index (χ0) is 24.6. The molecule has 1 aromatic carbocycles. The van der Waals surface area contributed by atoms with E-state index in [2.05, 4.69) is 21.3 Å². The van der Waals surface area contributed by atoms with Crippen LogP contribution in [0, 0.1) is 11.3 Å². The third-order valence-electron chi connectivity index (χ3n) is 7.00. The highest BCUT2D eigenvalue weighted by Gasteiger charge is 2.34. The number of aryl methyl sites for hydroxylation is 1. The Kier molecular flexibility index (Phi) is 5.77. The normalized spacial score (nSPS) is 18.6. The van der Waals surface area contributed by atoms with Gasteiger partial charge in [-0.3, -0.25) is 14.6 Å². The molecule has 35 heavy (non-hydrogen) atoms. The first-order valence-electron chi connectivity index (χ1n) is 11.7. The molecule has 0 fully saturated rings. The molecule has 0 unspecified atom stereocenters. The smallest absolute Gasteiger partial charge is 0.253 e. The van der Waals surface area contributed by atoms with Gasteiger partial charge in [-0.05, 0) is 55.3 Å². The van der Waals surface area contributed by atoms with Gasteiger partial charge in [0.2, 0.25) is 0 Å². The molecule has 178 valence electrons. The van der Waals surface area contributed by atoms with Crippen molar-refractivity contribution in [2.75, 3.05) is 18.1 Å². The summed E-state index contributed by atoms with van der Waals surface area (Å²) in [5.74, 6) is 0.431. The minimum Gasteiger partial charge on any atom is -0.493 e. The Morgan fingerprint density at radius 2 is 2.14 bits per heavy atom. The van der Waals surface area contributed by atoms with Gasteiger partial charge in [-0.25, -0.2) is 0 Å². The highest BCUT2D eigenvalue weighted by Crippen LogP contribution is 2.38. The largest absolute Gasteiger partial charge is 0.493 e. The summed E-state index contributed by atoms with van der Waals surface area (Å²) in [6.07, 6.45) is 4.84. The summed E-state index contributed by atoms with van der Waals surface area (Å²) in [5.41, 5.74) is 4.32. The molecular formula is C27H27N5O3. The van der Waals surface area contributed by atoms with Gasteiger partial charge in [-0.1, -0.05) is 0 Å². The maximum atomic E-state index is 12.9. The number of fused-ring (bicyclic) bond motifs is 2. The molecule has 0 radical (unpaired) electrons. The number of anilines is 1. The third-order valence-corrected chi connectivity index (χ3v) is 7.00. The van der Waals surface area contributed by atoms with E-state index in [4.69, 9.17) is 4.74 Å². The van der Waals surface area contributed by atoms with Crippen LogP contribution in [0.2, 0.25) is 0 Å². The monoisotopic (exact) mass is 469 g/mol. The lowest BCUT2D eigenvalue weighted by Gasteiger charge is -2.30. The number of rotatable bonds is 4. The second-order valence-corrected chi connectivity index (χ2v) is 9.35. The van der Waals surface area contributed by atoms with E-state index in [1.54, 1.807) is 36.0 Å². The van der Waals surface area contributed by atoms with E-state index in [1.165, 1.54) is 0 Å². The number of ether oxygens (including phenoxy) is 1. The number of carbonyl (C=O) groups is 1. The Hall–Kier alpha value is -4.12. The predicted molar refractivity (Wildman–Crippen MR) is 131 cm³/mol. The first-order chi connectivity index (χ1) is 16.9. The summed E-state index contributed by atoms with van der Waals surface area (Å²) in [4.78, 5) is 31.9. The van der Waals surface area contributed by atoms with Crippen molar-refractivity contribution < 1.29 is 9.53 Å². The van der Waals surface area contributed by atoms with E-state index in [0.717, 1.165) is 34.6 Å². The van der Waals surface area contributed by atoms with Gasteiger partial charge in [0, 0.05) is 61.3 Å². The van der Waals surface area contributed by atoms with Crippen LogP contribution in [0.15, 0.2) is 53.6 Å². The van der Waals surface area contributed by atoms with Crippen molar-refractivity contribution in [3.05, 3.63) is 87.1 Å². The first kappa shape index (κ1) is 22.7. The summed E-state index contributed by atoms with van der Waals surface area (Å²) in [6.45, 7) is 4.06. The lowest BCUT2D eigenvalue weighted by molar-refractivity contribution is 0.0950. The summed E-state index contributed by atoms with van der Waals surface area (Å²) >= 11 is 0. The Morgan fingerprint density at radius 3 is 2.97 bits per heavy atom. The summed E-state index contributed by atoms with van der Waals surface area (Å²) in [7, 11) is 1.78. The van der Waals surface area contributed by atoms with Crippen LogP contribution in [0.3, 0.4) is 0 Å². The SMILES string of the molecule is Cn1ccc2c(c1=O)CCN(c1ccnc(CNC(=O)c3ccc4c(c3)[C@](C)(C#N)CCO4)c1)C2. The van der Waals surface area contributed by atoms with E-state index >= 15 is 0 Å². The molecule has 4 heterocycles. The average Bonchev–Trinajstić information content (AvgIpc) is 2.89. The summed E-state index contributed by atoms with van der Waals surface area (Å²) < 4.78 is 7.30. The Morgan fingerprint density at radius 1 is 1.29 bits per heavy atom. The van der Waals surface area contributed by atoms with Crippen LogP contribution in [-0.4, -0.2) is 28.6 Å². The van der Waals surface area contributed by atoms with Gasteiger partial charge < -0.3 is 19.5 Å². The van der Waals surface area contributed by atoms with E-state index in [-0.39, 0.29) is 18.0 Å². The molecular weight excluding hydrogens is 442 g/mol. The molecule has 2 aliphatic rings. The fraction of sp³-hybridized carbons (Fsp3) is 0.333. The first-order valence-corrected chi connectivity index (χ1v) is 11.7. The molecule has 1 atom stereocenters. The maximum absolute atomic E-state index is 12.9. The molecule has 1 N–H and O–H groups in total. The molecule has 5 rings (SSSR count). The van der Waals surface area contributed by atoms with Gasteiger partial charge in [0.1, 0.15) is 5.75 Å². The highest BCUT2D eigenvalue weighted by atomic mass is 16.5. The number of amides is 1. The molecule has 0 saturated carbocycles. The molecule has 0 saturated heterocycles. The number of nitrogens with one attached hydrogen (secondary N) is 1. The predicted octanol–water partition coefficient (Wildman–Crippen LogP) is 2.84. The minimum absolute atomic E-state index is 0.0732. The van der Waals surface area contributed by atoms with Gasteiger partial charge in [0.05, 0.1) is 30.3 Å². The van der Waals surface area contributed by atoms with Crippen LogP contribution in [0.5, 0.6) is 5.75 Å². The van der Waals surface area contributed by atoms with Gasteiger partial charge >= 0.3 is 0 Å². The van der Waals surface area contributed by atoms with Crippen LogP contribution in [0.25, 0.3) is 0 Å². The fourth-order valence-electron chi connectivity index (χ4n) is 4.76. The molecule has 0 bridgehead atoms. The van der Waals surface area contributed by atoms with Gasteiger partial charge in [0.15, 0.2) is 0 Å². The number of benzene rings is 1. The molecule has 0 spiro atoms. The zero-order valence-corrected chi connectivity index (χ0v) is 19.9. The third kappa shape index (κ3) is 4.26. The van der Waals surface area contributed by atoms with Crippen molar-refractivity contribution in [2.45, 2.75) is 38.3 Å². The van der Waals surface area contributed by atoms with Crippen molar-refractivity contribution in [3.63, 3.8) is 0 Å². The van der Waals surface area contributed by atoms with Crippen LogP contribution < -0.4 is 20.5 Å². The lowest BCUT2D eigenvalue weighted by atomic mass is 9.78. The lowest BCUT2D eigenvalue weighted by Crippen LogP contribution is -2.35. The number of nitrogens with zero attached hydrogens (tertiary/aromatic N) is 4. The minimum atomic E-state index is -0.670. The second-order valence-electron chi connectivity index (χ2n) is 9.35. The van der Waals surface area contributed by atoms with Gasteiger partial charge in [-0.15, -0.1) is 0 Å². The van der Waals surface area contributed by atoms with Crippen molar-refractivity contribution in [1.82, 2.24) is 14.9 Å². The van der Waals surface area contributed by atoms with E-state index < -0.39 is 5.41 Å². The number of aromatic nitrogens is 2. The van der Waals surface area contributed by atoms with E-state index in [0.29, 0.717) is 37.3 Å². The van der Waals surface area contributed by atoms with Crippen molar-refractivity contribution in [2.24, 2.45) is 7.05 Å². The second kappa shape index (κ2) is 8.91. The van der Waals surface area contributed by atoms with Crippen molar-refractivity contribution in [3.8, 4) is 11.8 Å². The highest BCUT2D eigenvalue weighted by molar-refractivity contribution is 5.94. The molecule has 8 nitrogen and oxygen atoms in total. The van der Waals surface area contributed by atoms with Gasteiger partial charge in [-0.2, -0.15) is 5.26 Å². The summed E-state index contributed by atoms with van der Waals surface area (Å²) in [5, 5.41) is 12.6.